The molecule has 5 aliphatic carbocycles. The van der Waals surface area contributed by atoms with Crippen molar-refractivity contribution >= 4 is 94.4 Å². The number of piperazine rings is 1. The number of carbonyl (C=O) groups is 7. The van der Waals surface area contributed by atoms with Crippen LogP contribution in [0.15, 0.2) is 140 Å². The highest BCUT2D eigenvalue weighted by molar-refractivity contribution is 6.67. The van der Waals surface area contributed by atoms with Crippen molar-refractivity contribution in [3.8, 4) is 0 Å². The van der Waals surface area contributed by atoms with Gasteiger partial charge in [-0.3, -0.25) is 63.9 Å². The molecule has 5 aromatic carbocycles. The number of benzene rings is 5. The third kappa shape index (κ3) is 26.7. The van der Waals surface area contributed by atoms with Gasteiger partial charge in [-0.05, 0) is 169 Å². The molecule has 29 heteroatoms. The van der Waals surface area contributed by atoms with E-state index in [4.69, 9.17) is 42.4 Å². The van der Waals surface area contributed by atoms with Crippen molar-refractivity contribution < 1.29 is 67.5 Å². The zero-order valence-electron chi connectivity index (χ0n) is 69.6. The summed E-state index contributed by atoms with van der Waals surface area (Å²) in [4.78, 5) is 160. The van der Waals surface area contributed by atoms with Crippen LogP contribution in [0.3, 0.4) is 0 Å². The molecule has 122 heavy (non-hydrogen) atoms. The Labute approximate surface area is 723 Å². The summed E-state index contributed by atoms with van der Waals surface area (Å²) < 4.78 is 0. The highest BCUT2D eigenvalue weighted by Crippen LogP contribution is 2.42. The van der Waals surface area contributed by atoms with Crippen LogP contribution >= 0.6 is 23.2 Å². The van der Waals surface area contributed by atoms with E-state index >= 15 is 0 Å². The van der Waals surface area contributed by atoms with E-state index in [0.717, 1.165) is 175 Å². The summed E-state index contributed by atoms with van der Waals surface area (Å²) >= 11 is 9.55. The number of fused-ring (bicyclic) bond motifs is 7. The van der Waals surface area contributed by atoms with Crippen LogP contribution in [0.2, 0.25) is 0 Å². The highest BCUT2D eigenvalue weighted by Gasteiger charge is 2.44. The van der Waals surface area contributed by atoms with E-state index in [9.17, 15) is 63.9 Å². The average molecular weight is 1710 g/mol. The van der Waals surface area contributed by atoms with Crippen LogP contribution in [0.1, 0.15) is 260 Å². The van der Waals surface area contributed by atoms with E-state index in [2.05, 4.69) is 53.1 Å². The lowest BCUT2D eigenvalue weighted by molar-refractivity contribution is -0.531. The van der Waals surface area contributed by atoms with Gasteiger partial charge in [-0.15, -0.1) is 11.6 Å². The molecule has 5 aromatic rings. The predicted octanol–water partition coefficient (Wildman–Crippen LogP) is 15.9. The van der Waals surface area contributed by atoms with Crippen molar-refractivity contribution in [1.82, 2.24) is 35.1 Å². The minimum atomic E-state index is -0.788. The molecular weight excluding hydrogens is 1600 g/mol. The minimum Gasteiger partial charge on any atom is -0.354 e. The Kier molecular flexibility index (Phi) is 38.5. The van der Waals surface area contributed by atoms with Gasteiger partial charge < -0.3 is 35.1 Å². The molecule has 6 amide bonds. The van der Waals surface area contributed by atoms with E-state index in [-0.39, 0.29) is 130 Å². The molecule has 1 saturated heterocycles. The molecule has 0 radical (unpaired) electrons. The van der Waals surface area contributed by atoms with E-state index < -0.39 is 29.4 Å². The van der Waals surface area contributed by atoms with Gasteiger partial charge in [0.15, 0.2) is 0 Å². The van der Waals surface area contributed by atoms with E-state index in [1.165, 1.54) is 67.2 Å². The van der Waals surface area contributed by atoms with Crippen LogP contribution in [0.4, 0.5) is 0 Å². The first-order valence-electron chi connectivity index (χ1n) is 43.3. The molecule has 6 heterocycles. The summed E-state index contributed by atoms with van der Waals surface area (Å²) in [7, 11) is 0. The third-order valence-electron chi connectivity index (χ3n) is 25.1. The van der Waals surface area contributed by atoms with Crippen LogP contribution < -0.4 is 10.6 Å². The van der Waals surface area contributed by atoms with Crippen molar-refractivity contribution in [3.05, 3.63) is 226 Å². The fourth-order valence-corrected chi connectivity index (χ4v) is 18.9. The van der Waals surface area contributed by atoms with Gasteiger partial charge in [0.25, 0.3) is 0 Å². The molecule has 6 aliphatic heterocycles. The number of rotatable bonds is 15. The molecule has 0 bridgehead atoms. The minimum absolute atomic E-state index is 0.000391. The summed E-state index contributed by atoms with van der Waals surface area (Å²) in [6.07, 6.45) is 40.5. The molecule has 2 N–H and O–H groups in total. The van der Waals surface area contributed by atoms with Crippen LogP contribution in [0.5, 0.6) is 0 Å². The second-order valence-electron chi connectivity index (χ2n) is 32.6. The molecule has 0 spiro atoms. The predicted molar refractivity (Wildman–Crippen MR) is 460 cm³/mol. The number of hydrogen-bond acceptors (Lipinski definition) is 18. The number of hydrogen-bond donors (Lipinski definition) is 2. The largest absolute Gasteiger partial charge is 0.373 e. The van der Waals surface area contributed by atoms with Gasteiger partial charge >= 0.3 is 12.3 Å². The van der Waals surface area contributed by atoms with E-state index in [0.29, 0.717) is 19.5 Å². The van der Waals surface area contributed by atoms with Gasteiger partial charge in [-0.1, -0.05) is 225 Å². The van der Waals surface area contributed by atoms with Crippen molar-refractivity contribution in [1.29, 1.82) is 0 Å². The Morgan fingerprint density at radius 3 is 1.27 bits per heavy atom. The second kappa shape index (κ2) is 49.4. The molecule has 27 nitrogen and oxygen atoms in total. The highest BCUT2D eigenvalue weighted by atomic mass is 35.5. The zero-order chi connectivity index (χ0) is 87.5. The van der Waals surface area contributed by atoms with Crippen LogP contribution in [-0.2, 0) is 65.6 Å². The number of alkyl halides is 1. The van der Waals surface area contributed by atoms with Gasteiger partial charge in [0.2, 0.25) is 59.8 Å². The zero-order valence-corrected chi connectivity index (χ0v) is 71.1. The second-order valence-corrected chi connectivity index (χ2v) is 33.3. The fourth-order valence-electron chi connectivity index (χ4n) is 18.9. The maximum absolute atomic E-state index is 13.1. The molecule has 6 fully saturated rings. The fraction of sp³-hybridized carbons (Fsp3) is 0.516. The molecule has 652 valence electrons. The number of nitrogens with zero attached hydrogens (tertiary/aromatic N) is 8. The Bertz CT molecular complexity index is 4420. The number of halogens is 2. The first-order valence-corrected chi connectivity index (χ1v) is 44.2. The number of nitro groups is 3. The van der Waals surface area contributed by atoms with E-state index in [1.807, 2.05) is 114 Å². The van der Waals surface area contributed by atoms with Crippen LogP contribution in [0, 0.1) is 59.9 Å². The first-order chi connectivity index (χ1) is 59.1. The van der Waals surface area contributed by atoms with Crippen molar-refractivity contribution in [3.63, 3.8) is 0 Å². The van der Waals surface area contributed by atoms with Crippen molar-refractivity contribution in [2.45, 2.75) is 223 Å². The summed E-state index contributed by atoms with van der Waals surface area (Å²) in [6.45, 7) is 4.75. The quantitative estimate of drug-likeness (QED) is 0.0425. The smallest absolute Gasteiger partial charge is 0.354 e. The van der Waals surface area contributed by atoms with Gasteiger partial charge in [-0.2, -0.15) is 19.2 Å². The van der Waals surface area contributed by atoms with Gasteiger partial charge in [0.05, 0.1) is 18.5 Å². The van der Waals surface area contributed by atoms with Gasteiger partial charge in [-0.25, -0.2) is 0 Å². The number of nitrogens with one attached hydrogen (secondary N) is 2. The lowest BCUT2D eigenvalue weighted by atomic mass is 9.85. The molecule has 2 unspecified atom stereocenters. The third-order valence-corrected chi connectivity index (χ3v) is 25.6. The van der Waals surface area contributed by atoms with Crippen molar-refractivity contribution in [2.75, 3.05) is 51.7 Å². The Hall–Kier alpha value is -10.7. The number of amides is 6. The van der Waals surface area contributed by atoms with Crippen LogP contribution in [-0.4, -0.2) is 150 Å². The van der Waals surface area contributed by atoms with Crippen molar-refractivity contribution in [2.24, 2.45) is 29.6 Å². The normalized spacial score (nSPS) is 21.0. The Morgan fingerprint density at radius 1 is 0.492 bits per heavy atom. The van der Waals surface area contributed by atoms with E-state index in [1.54, 1.807) is 33.3 Å². The van der Waals surface area contributed by atoms with Gasteiger partial charge in [0.1, 0.15) is 18.1 Å². The lowest BCUT2D eigenvalue weighted by Gasteiger charge is -2.45. The SMILES string of the molecule is CCC(C1c2ccccc2C=CN1C(=O)C1CCCCC1)[N+](=O)[O-].O=C(C1CCCCC1)N1C=Cc2ccccc2[C@@H]1C[N+](=O)[O-].O=C(C1CCCCC1)N1C=Cc2ccccc2[C@@H]1C[N+](=O)[O-].O=C(C1CCCCC1)N1CC(=O)N2CCc3ccccc3[C@@H]2C1.O=C(Cl)CCl.O=C(NC[C@@H]1NCCc2ccccc21)C1CCCCC1.O=C=O.O=C=O. The average Bonchev–Trinajstić information content (AvgIpc) is 0.775. The Morgan fingerprint density at radius 2 is 0.852 bits per heavy atom. The lowest BCUT2D eigenvalue weighted by Crippen LogP contribution is -2.56. The summed E-state index contributed by atoms with van der Waals surface area (Å²) in [5.41, 5.74) is 10.8. The maximum atomic E-state index is 13.1. The summed E-state index contributed by atoms with van der Waals surface area (Å²) in [5.74, 6) is 1.03. The Balaban J connectivity index is 0.000000168. The molecule has 5 saturated carbocycles. The maximum Gasteiger partial charge on any atom is 0.373 e. The molecule has 6 atom stereocenters. The molecular formula is C93H114Cl2N10O17. The molecule has 0 aromatic heterocycles. The molecule has 16 rings (SSSR count). The molecule has 11 aliphatic rings. The monoisotopic (exact) mass is 1710 g/mol. The van der Waals surface area contributed by atoms with Gasteiger partial charge in [0, 0.05) is 95.1 Å². The topological polar surface area (TPSA) is 357 Å². The summed E-state index contributed by atoms with van der Waals surface area (Å²) in [5, 5.41) is 39.9. The standard InChI is InChI=1S/C19H24N2O3.C19H24N2O2.2C17H20N2O3.C17H24N2O.C2H2Cl2O.2CO2/c1-2-17(21(23)24)18-16-11-7-6-8-14(16)12-13-20(18)19(22)15-9-4-3-5-10-15;22-18-13-20(19(23)15-7-2-1-3-8-15)12-17-16-9-5-4-6-14(16)10-11-21(17)18;2*20-17(14-7-2-1-3-8-14)18-11-10-13-6-4-5-9-15(13)16(18)12-19(21)22;20-17(14-7-2-1-3-8-14)19-12-16-15-9-5-4-6-13(15)10-11-18-16;3-1-2(4)5;2*2-1-3/h6-8,11-13,15,17-18H,2-5,9-10H2,1H3;4-6,9,15,17H,1-3,7-8,10-13H2;2*4-6,9-11,14,16H,1-3,7-8,12H2;4-6,9,14,16,18H,1-3,7-8,10-12H2,(H,19,20);1H2;;/t;17-;3*16-;;;/m.0000.../s1. The summed E-state index contributed by atoms with van der Waals surface area (Å²) in [6, 6.07) is 37.8. The van der Waals surface area contributed by atoms with Crippen LogP contribution in [0.25, 0.3) is 18.2 Å². The first kappa shape index (κ1) is 95.2. The number of carbonyl (C=O) groups excluding carboxylic acids is 11.